The van der Waals surface area contributed by atoms with Crippen LogP contribution in [-0.2, 0) is 9.53 Å². The first-order valence-electron chi connectivity index (χ1n) is 8.22. The van der Waals surface area contributed by atoms with E-state index in [1.807, 2.05) is 37.3 Å². The van der Waals surface area contributed by atoms with Crippen LogP contribution < -0.4 is 0 Å². The van der Waals surface area contributed by atoms with Crippen LogP contribution in [-0.4, -0.2) is 12.6 Å². The standard InChI is InChI=1S/C22H30O2/c1-7-24-22(23)21(6)17-11-16-20(5)14-9-8-13-19(4)15-10-12-18(2)3/h8-17H,7H2,1-6H3/b9-8+,15-10+,16-11+,19-13+,20-14+,21-17?. The maximum absolute atomic E-state index is 11.4. The summed E-state index contributed by atoms with van der Waals surface area (Å²) < 4.78 is 4.92. The van der Waals surface area contributed by atoms with Gasteiger partial charge in [-0.05, 0) is 41.5 Å². The van der Waals surface area contributed by atoms with Gasteiger partial charge in [-0.3, -0.25) is 0 Å². The second-order valence-electron chi connectivity index (χ2n) is 5.74. The zero-order valence-corrected chi connectivity index (χ0v) is 15.8. The highest BCUT2D eigenvalue weighted by Crippen LogP contribution is 2.02. The lowest BCUT2D eigenvalue weighted by atomic mass is 10.2. The average Bonchev–Trinajstić information content (AvgIpc) is 2.51. The van der Waals surface area contributed by atoms with Crippen LogP contribution in [0.3, 0.4) is 0 Å². The molecule has 0 aliphatic heterocycles. The van der Waals surface area contributed by atoms with Gasteiger partial charge in [0.1, 0.15) is 0 Å². The van der Waals surface area contributed by atoms with E-state index in [0.717, 1.165) is 5.57 Å². The van der Waals surface area contributed by atoms with Crippen LogP contribution in [0.25, 0.3) is 0 Å². The van der Waals surface area contributed by atoms with Crippen LogP contribution in [0, 0.1) is 0 Å². The van der Waals surface area contributed by atoms with Crippen LogP contribution in [0.2, 0.25) is 0 Å². The number of hydrogen-bond acceptors (Lipinski definition) is 2. The zero-order valence-electron chi connectivity index (χ0n) is 15.8. The second kappa shape index (κ2) is 13.1. The van der Waals surface area contributed by atoms with Gasteiger partial charge in [-0.15, -0.1) is 0 Å². The van der Waals surface area contributed by atoms with Gasteiger partial charge in [-0.1, -0.05) is 77.5 Å². The molecule has 0 rings (SSSR count). The van der Waals surface area contributed by atoms with Gasteiger partial charge in [0.25, 0.3) is 0 Å². The third kappa shape index (κ3) is 12.2. The molecule has 0 saturated carbocycles. The van der Waals surface area contributed by atoms with Crippen molar-refractivity contribution in [1.29, 1.82) is 0 Å². The normalized spacial score (nSPS) is 14.0. The number of allylic oxidation sites excluding steroid dienone is 13. The van der Waals surface area contributed by atoms with Crippen LogP contribution in [0.5, 0.6) is 0 Å². The lowest BCUT2D eigenvalue weighted by Gasteiger charge is -1.99. The number of carbonyl (C=O) groups is 1. The first kappa shape index (κ1) is 21.7. The molecule has 0 spiro atoms. The molecule has 0 aliphatic rings. The SMILES string of the molecule is CCOC(=O)C(C)=C/C=C/C(C)=C/C=C/C=C(C)/C=C/C=C(C)C. The number of ether oxygens (including phenoxy) is 1. The van der Waals surface area contributed by atoms with Crippen LogP contribution in [0.15, 0.2) is 83.1 Å². The van der Waals surface area contributed by atoms with Crippen molar-refractivity contribution in [3.63, 3.8) is 0 Å². The van der Waals surface area contributed by atoms with E-state index in [1.165, 1.54) is 11.1 Å². The predicted octanol–water partition coefficient (Wildman–Crippen LogP) is 6.02. The summed E-state index contributed by atoms with van der Waals surface area (Å²) in [5.41, 5.74) is 4.17. The quantitative estimate of drug-likeness (QED) is 0.309. The number of esters is 1. The molecule has 0 amide bonds. The Morgan fingerprint density at radius 1 is 0.750 bits per heavy atom. The van der Waals surface area contributed by atoms with Crippen molar-refractivity contribution in [2.45, 2.75) is 41.5 Å². The van der Waals surface area contributed by atoms with E-state index in [0.29, 0.717) is 12.2 Å². The Morgan fingerprint density at radius 2 is 1.25 bits per heavy atom. The maximum Gasteiger partial charge on any atom is 0.333 e. The summed E-state index contributed by atoms with van der Waals surface area (Å²) in [6.45, 7) is 12.2. The topological polar surface area (TPSA) is 26.3 Å². The highest BCUT2D eigenvalue weighted by atomic mass is 16.5. The van der Waals surface area contributed by atoms with E-state index in [1.54, 1.807) is 19.9 Å². The predicted molar refractivity (Wildman–Crippen MR) is 105 cm³/mol. The fourth-order valence-electron chi connectivity index (χ4n) is 1.58. The van der Waals surface area contributed by atoms with Gasteiger partial charge in [-0.2, -0.15) is 0 Å². The largest absolute Gasteiger partial charge is 0.463 e. The molecule has 0 saturated heterocycles. The van der Waals surface area contributed by atoms with Gasteiger partial charge in [0.05, 0.1) is 6.61 Å². The van der Waals surface area contributed by atoms with Gasteiger partial charge in [0.15, 0.2) is 0 Å². The minimum atomic E-state index is -0.273. The molecule has 0 aliphatic carbocycles. The maximum atomic E-state index is 11.4. The van der Waals surface area contributed by atoms with E-state index >= 15 is 0 Å². The molecule has 0 heterocycles. The van der Waals surface area contributed by atoms with Crippen LogP contribution >= 0.6 is 0 Å². The lowest BCUT2D eigenvalue weighted by molar-refractivity contribution is -0.138. The molecular weight excluding hydrogens is 296 g/mol. The molecule has 0 atom stereocenters. The molecule has 0 N–H and O–H groups in total. The van der Waals surface area contributed by atoms with Crippen molar-refractivity contribution < 1.29 is 9.53 Å². The van der Waals surface area contributed by atoms with E-state index in [2.05, 4.69) is 45.1 Å². The van der Waals surface area contributed by atoms with E-state index < -0.39 is 0 Å². The summed E-state index contributed by atoms with van der Waals surface area (Å²) in [6.07, 6.45) is 19.9. The highest BCUT2D eigenvalue weighted by Gasteiger charge is 2.01. The molecule has 2 nitrogen and oxygen atoms in total. The lowest BCUT2D eigenvalue weighted by Crippen LogP contribution is -2.04. The van der Waals surface area contributed by atoms with Crippen molar-refractivity contribution in [2.24, 2.45) is 0 Å². The van der Waals surface area contributed by atoms with Crippen molar-refractivity contribution in [3.8, 4) is 0 Å². The minimum Gasteiger partial charge on any atom is -0.463 e. The Labute approximate surface area is 147 Å². The first-order chi connectivity index (χ1) is 11.4. The van der Waals surface area contributed by atoms with Crippen molar-refractivity contribution in [3.05, 3.63) is 83.1 Å². The van der Waals surface area contributed by atoms with Gasteiger partial charge in [-0.25, -0.2) is 4.79 Å². The van der Waals surface area contributed by atoms with Gasteiger partial charge < -0.3 is 4.74 Å². The Balaban J connectivity index is 4.57. The summed E-state index contributed by atoms with van der Waals surface area (Å²) in [6, 6.07) is 0. The molecule has 2 heteroatoms. The molecule has 0 fully saturated rings. The number of hydrogen-bond donors (Lipinski definition) is 0. The molecule has 0 unspecified atom stereocenters. The van der Waals surface area contributed by atoms with Gasteiger partial charge in [0.2, 0.25) is 0 Å². The van der Waals surface area contributed by atoms with Crippen LogP contribution in [0.4, 0.5) is 0 Å². The molecule has 0 aromatic rings. The highest BCUT2D eigenvalue weighted by molar-refractivity contribution is 5.88. The Hall–Kier alpha value is -2.35. The summed E-state index contributed by atoms with van der Waals surface area (Å²) in [7, 11) is 0. The molecule has 0 aromatic carbocycles. The zero-order chi connectivity index (χ0) is 18.4. The fourth-order valence-corrected chi connectivity index (χ4v) is 1.58. The van der Waals surface area contributed by atoms with E-state index in [9.17, 15) is 4.79 Å². The Kier molecular flexibility index (Phi) is 11.8. The summed E-state index contributed by atoms with van der Waals surface area (Å²) in [5, 5.41) is 0. The van der Waals surface area contributed by atoms with E-state index in [4.69, 9.17) is 4.74 Å². The fraction of sp³-hybridized carbons (Fsp3) is 0.318. The van der Waals surface area contributed by atoms with Gasteiger partial charge >= 0.3 is 5.97 Å². The third-order valence-electron chi connectivity index (χ3n) is 2.92. The molecule has 0 aromatic heterocycles. The van der Waals surface area contributed by atoms with Crippen molar-refractivity contribution >= 4 is 5.97 Å². The number of rotatable bonds is 8. The minimum absolute atomic E-state index is 0.273. The first-order valence-corrected chi connectivity index (χ1v) is 8.22. The van der Waals surface area contributed by atoms with E-state index in [-0.39, 0.29) is 5.97 Å². The molecule has 0 radical (unpaired) electrons. The van der Waals surface area contributed by atoms with Gasteiger partial charge in [0, 0.05) is 5.57 Å². The smallest absolute Gasteiger partial charge is 0.333 e. The Morgan fingerprint density at radius 3 is 1.71 bits per heavy atom. The summed E-state index contributed by atoms with van der Waals surface area (Å²) >= 11 is 0. The number of carbonyl (C=O) groups excluding carboxylic acids is 1. The molecule has 130 valence electrons. The monoisotopic (exact) mass is 326 g/mol. The summed E-state index contributed by atoms with van der Waals surface area (Å²) in [5.74, 6) is -0.273. The second-order valence-corrected chi connectivity index (χ2v) is 5.74. The third-order valence-corrected chi connectivity index (χ3v) is 2.92. The molecule has 0 bridgehead atoms. The van der Waals surface area contributed by atoms with Crippen LogP contribution in [0.1, 0.15) is 41.5 Å². The molecular formula is C22H30O2. The van der Waals surface area contributed by atoms with Crippen molar-refractivity contribution in [1.82, 2.24) is 0 Å². The van der Waals surface area contributed by atoms with Crippen molar-refractivity contribution in [2.75, 3.05) is 6.61 Å². The molecule has 24 heavy (non-hydrogen) atoms. The average molecular weight is 326 g/mol. The summed E-state index contributed by atoms with van der Waals surface area (Å²) in [4.78, 5) is 11.4. The Bertz CT molecular complexity index is 602.